The molecule has 0 aliphatic carbocycles. The highest BCUT2D eigenvalue weighted by Gasteiger charge is 2.26. The maximum Gasteiger partial charge on any atom is 0.410 e. The molecule has 1 amide bonds. The van der Waals surface area contributed by atoms with E-state index in [0.29, 0.717) is 5.92 Å². The SMILES string of the molecule is CC(C)(C)OC(=O)N1CCC(CNCCCCO)CC1. The zero-order chi connectivity index (χ0) is 15.0. The molecule has 0 saturated carbocycles. The summed E-state index contributed by atoms with van der Waals surface area (Å²) in [5.74, 6) is 0.641. The molecule has 2 N–H and O–H groups in total. The Morgan fingerprint density at radius 3 is 2.50 bits per heavy atom. The second-order valence-corrected chi connectivity index (χ2v) is 6.55. The Morgan fingerprint density at radius 1 is 1.30 bits per heavy atom. The minimum Gasteiger partial charge on any atom is -0.444 e. The standard InChI is InChI=1S/C15H30N2O3/c1-15(2,3)20-14(19)17-9-6-13(7-10-17)12-16-8-4-5-11-18/h13,16,18H,4-12H2,1-3H3. The Balaban J connectivity index is 2.15. The summed E-state index contributed by atoms with van der Waals surface area (Å²) in [6.07, 6.45) is 3.77. The Hall–Kier alpha value is -0.810. The fourth-order valence-corrected chi connectivity index (χ4v) is 2.31. The Labute approximate surface area is 122 Å². The van der Waals surface area contributed by atoms with Gasteiger partial charge in [-0.05, 0) is 65.5 Å². The number of hydrogen-bond donors (Lipinski definition) is 2. The average molecular weight is 286 g/mol. The second kappa shape index (κ2) is 8.47. The number of nitrogens with zero attached hydrogens (tertiary/aromatic N) is 1. The number of hydrogen-bond acceptors (Lipinski definition) is 4. The summed E-state index contributed by atoms with van der Waals surface area (Å²) in [5, 5.41) is 12.1. The summed E-state index contributed by atoms with van der Waals surface area (Å²) >= 11 is 0. The largest absolute Gasteiger partial charge is 0.444 e. The maximum atomic E-state index is 11.9. The molecule has 1 fully saturated rings. The molecule has 5 nitrogen and oxygen atoms in total. The van der Waals surface area contributed by atoms with Crippen LogP contribution in [0.15, 0.2) is 0 Å². The lowest BCUT2D eigenvalue weighted by molar-refractivity contribution is 0.0184. The molecule has 0 spiro atoms. The highest BCUT2D eigenvalue weighted by Crippen LogP contribution is 2.19. The topological polar surface area (TPSA) is 61.8 Å². The van der Waals surface area contributed by atoms with Gasteiger partial charge in [0, 0.05) is 19.7 Å². The molecule has 0 unspecified atom stereocenters. The van der Waals surface area contributed by atoms with Gasteiger partial charge in [-0.3, -0.25) is 0 Å². The number of carbonyl (C=O) groups excluding carboxylic acids is 1. The van der Waals surface area contributed by atoms with E-state index in [1.165, 1.54) is 0 Å². The van der Waals surface area contributed by atoms with Gasteiger partial charge in [0.1, 0.15) is 5.60 Å². The zero-order valence-electron chi connectivity index (χ0n) is 13.2. The van der Waals surface area contributed by atoms with Gasteiger partial charge in [0.05, 0.1) is 0 Å². The first-order valence-corrected chi connectivity index (χ1v) is 7.72. The normalized spacial score (nSPS) is 17.3. The van der Waals surface area contributed by atoms with Crippen LogP contribution in [0, 0.1) is 5.92 Å². The van der Waals surface area contributed by atoms with Crippen molar-refractivity contribution in [2.24, 2.45) is 5.92 Å². The van der Waals surface area contributed by atoms with E-state index in [-0.39, 0.29) is 12.7 Å². The van der Waals surface area contributed by atoms with Crippen LogP contribution in [0.4, 0.5) is 4.79 Å². The van der Waals surface area contributed by atoms with Crippen LogP contribution in [0.3, 0.4) is 0 Å². The van der Waals surface area contributed by atoms with E-state index in [9.17, 15) is 4.79 Å². The third-order valence-electron chi connectivity index (χ3n) is 3.46. The van der Waals surface area contributed by atoms with Gasteiger partial charge in [-0.25, -0.2) is 4.79 Å². The van der Waals surface area contributed by atoms with Crippen molar-refractivity contribution in [3.63, 3.8) is 0 Å². The van der Waals surface area contributed by atoms with Gasteiger partial charge in [-0.1, -0.05) is 0 Å². The number of carbonyl (C=O) groups is 1. The van der Waals surface area contributed by atoms with E-state index in [0.717, 1.165) is 51.9 Å². The van der Waals surface area contributed by atoms with Crippen molar-refractivity contribution < 1.29 is 14.6 Å². The van der Waals surface area contributed by atoms with Crippen molar-refractivity contribution in [3.05, 3.63) is 0 Å². The fourth-order valence-electron chi connectivity index (χ4n) is 2.31. The van der Waals surface area contributed by atoms with Gasteiger partial charge in [0.2, 0.25) is 0 Å². The molecule has 1 saturated heterocycles. The molecule has 0 radical (unpaired) electrons. The van der Waals surface area contributed by atoms with Crippen LogP contribution < -0.4 is 5.32 Å². The lowest BCUT2D eigenvalue weighted by Gasteiger charge is -2.33. The Bertz CT molecular complexity index is 281. The Morgan fingerprint density at radius 2 is 1.95 bits per heavy atom. The van der Waals surface area contributed by atoms with Crippen LogP contribution in [0.25, 0.3) is 0 Å². The first-order chi connectivity index (χ1) is 9.42. The van der Waals surface area contributed by atoms with Crippen LogP contribution in [0.1, 0.15) is 46.5 Å². The Kier molecular flexibility index (Phi) is 7.30. The number of rotatable bonds is 6. The summed E-state index contributed by atoms with van der Waals surface area (Å²) in [6.45, 7) is 9.52. The van der Waals surface area contributed by atoms with Crippen LogP contribution in [0.2, 0.25) is 0 Å². The number of likely N-dealkylation sites (tertiary alicyclic amines) is 1. The zero-order valence-corrected chi connectivity index (χ0v) is 13.2. The number of aliphatic hydroxyl groups excluding tert-OH is 1. The molecular weight excluding hydrogens is 256 g/mol. The first-order valence-electron chi connectivity index (χ1n) is 7.72. The van der Waals surface area contributed by atoms with E-state index < -0.39 is 5.60 Å². The minimum atomic E-state index is -0.414. The lowest BCUT2D eigenvalue weighted by Crippen LogP contribution is -2.43. The van der Waals surface area contributed by atoms with Gasteiger partial charge in [-0.2, -0.15) is 0 Å². The number of unbranched alkanes of at least 4 members (excludes halogenated alkanes) is 1. The van der Waals surface area contributed by atoms with Crippen LogP contribution >= 0.6 is 0 Å². The van der Waals surface area contributed by atoms with Crippen molar-refractivity contribution >= 4 is 6.09 Å². The molecule has 1 heterocycles. The lowest BCUT2D eigenvalue weighted by atomic mass is 9.97. The third kappa shape index (κ3) is 7.10. The molecule has 118 valence electrons. The number of piperidine rings is 1. The highest BCUT2D eigenvalue weighted by molar-refractivity contribution is 5.68. The summed E-state index contributed by atoms with van der Waals surface area (Å²) < 4.78 is 5.39. The van der Waals surface area contributed by atoms with Gasteiger partial charge >= 0.3 is 6.09 Å². The summed E-state index contributed by atoms with van der Waals surface area (Å²) in [6, 6.07) is 0. The van der Waals surface area contributed by atoms with Crippen LogP contribution in [0.5, 0.6) is 0 Å². The van der Waals surface area contributed by atoms with Gasteiger partial charge in [0.25, 0.3) is 0 Å². The molecule has 0 aromatic carbocycles. The molecule has 0 aromatic heterocycles. The molecular formula is C15H30N2O3. The van der Waals surface area contributed by atoms with E-state index in [2.05, 4.69) is 5.32 Å². The van der Waals surface area contributed by atoms with Gasteiger partial charge in [0.15, 0.2) is 0 Å². The summed E-state index contributed by atoms with van der Waals surface area (Å²) in [4.78, 5) is 13.7. The van der Waals surface area contributed by atoms with Crippen molar-refractivity contribution in [3.8, 4) is 0 Å². The minimum absolute atomic E-state index is 0.188. The average Bonchev–Trinajstić information content (AvgIpc) is 2.37. The molecule has 20 heavy (non-hydrogen) atoms. The number of amides is 1. The molecule has 1 aliphatic heterocycles. The molecule has 5 heteroatoms. The molecule has 0 aromatic rings. The van der Waals surface area contributed by atoms with Crippen LogP contribution in [-0.2, 0) is 4.74 Å². The van der Waals surface area contributed by atoms with Crippen molar-refractivity contribution in [2.45, 2.75) is 52.1 Å². The van der Waals surface area contributed by atoms with Crippen molar-refractivity contribution in [2.75, 3.05) is 32.8 Å². The molecule has 1 rings (SSSR count). The predicted octanol–water partition coefficient (Wildman–Crippen LogP) is 2.00. The molecule has 1 aliphatic rings. The highest BCUT2D eigenvalue weighted by atomic mass is 16.6. The fraction of sp³-hybridized carbons (Fsp3) is 0.933. The van der Waals surface area contributed by atoms with Crippen LogP contribution in [-0.4, -0.2) is 54.5 Å². The van der Waals surface area contributed by atoms with Crippen molar-refractivity contribution in [1.29, 1.82) is 0 Å². The molecule has 0 bridgehead atoms. The van der Waals surface area contributed by atoms with Gasteiger partial charge in [-0.15, -0.1) is 0 Å². The maximum absolute atomic E-state index is 11.9. The smallest absolute Gasteiger partial charge is 0.410 e. The molecule has 0 atom stereocenters. The summed E-state index contributed by atoms with van der Waals surface area (Å²) in [7, 11) is 0. The number of aliphatic hydroxyl groups is 1. The monoisotopic (exact) mass is 286 g/mol. The van der Waals surface area contributed by atoms with Gasteiger partial charge < -0.3 is 20.1 Å². The van der Waals surface area contributed by atoms with E-state index >= 15 is 0 Å². The number of ether oxygens (including phenoxy) is 1. The number of nitrogens with one attached hydrogen (secondary N) is 1. The summed E-state index contributed by atoms with van der Waals surface area (Å²) in [5.41, 5.74) is -0.414. The van der Waals surface area contributed by atoms with E-state index in [4.69, 9.17) is 9.84 Å². The predicted molar refractivity (Wildman–Crippen MR) is 79.7 cm³/mol. The third-order valence-corrected chi connectivity index (χ3v) is 3.46. The van der Waals surface area contributed by atoms with E-state index in [1.807, 2.05) is 25.7 Å². The van der Waals surface area contributed by atoms with Crippen molar-refractivity contribution in [1.82, 2.24) is 10.2 Å². The first kappa shape index (κ1) is 17.2. The second-order valence-electron chi connectivity index (χ2n) is 6.55. The quantitative estimate of drug-likeness (QED) is 0.733. The van der Waals surface area contributed by atoms with E-state index in [1.54, 1.807) is 0 Å².